The van der Waals surface area contributed by atoms with Crippen molar-refractivity contribution in [1.82, 2.24) is 0 Å². The lowest BCUT2D eigenvalue weighted by Gasteiger charge is -2.42. The van der Waals surface area contributed by atoms with E-state index in [1.54, 1.807) is 0 Å². The van der Waals surface area contributed by atoms with E-state index in [1.807, 2.05) is 0 Å². The molecule has 2 aliphatic rings. The predicted molar refractivity (Wildman–Crippen MR) is 137 cm³/mol. The Hall–Kier alpha value is 0.111. The minimum absolute atomic E-state index is 0.234. The molecule has 2 rings (SSSR count). The van der Waals surface area contributed by atoms with Crippen LogP contribution in [-0.4, -0.2) is 37.7 Å². The molecule has 30 heavy (non-hydrogen) atoms. The van der Waals surface area contributed by atoms with E-state index in [0.29, 0.717) is 23.9 Å². The molecule has 0 aromatic heterocycles. The van der Waals surface area contributed by atoms with Crippen molar-refractivity contribution < 1.29 is 13.3 Å². The van der Waals surface area contributed by atoms with Crippen molar-refractivity contribution in [3.63, 3.8) is 0 Å². The Morgan fingerprint density at radius 3 is 1.87 bits per heavy atom. The third-order valence-electron chi connectivity index (χ3n) is 8.03. The zero-order valence-electron chi connectivity index (χ0n) is 22.2. The standard InChI is InChI=1S/C24H50O3Si3/c1-23(2,3)29(10,11)25-17-21-20-16-19(26-28(7,8)9)14-18(20)15-22(21)27-30(12,13)24(4,5)6/h16,18,20-22H,14-15,17H2,1-13H3/t18-,20-,21+,22+/m0/s1. The van der Waals surface area contributed by atoms with Gasteiger partial charge in [-0.25, -0.2) is 0 Å². The van der Waals surface area contributed by atoms with E-state index in [9.17, 15) is 0 Å². The van der Waals surface area contributed by atoms with E-state index in [-0.39, 0.29) is 10.1 Å². The number of rotatable bonds is 7. The molecular formula is C24H50O3Si3. The van der Waals surface area contributed by atoms with E-state index in [0.717, 1.165) is 19.4 Å². The Morgan fingerprint density at radius 1 is 0.867 bits per heavy atom. The first-order chi connectivity index (χ1) is 13.2. The summed E-state index contributed by atoms with van der Waals surface area (Å²) in [5, 5.41) is 0.468. The molecule has 1 saturated carbocycles. The van der Waals surface area contributed by atoms with Gasteiger partial charge in [0.25, 0.3) is 0 Å². The quantitative estimate of drug-likeness (QED) is 0.355. The van der Waals surface area contributed by atoms with Crippen LogP contribution >= 0.6 is 0 Å². The Balaban J connectivity index is 2.24. The summed E-state index contributed by atoms with van der Waals surface area (Å²) in [6.07, 6.45) is 5.01. The van der Waals surface area contributed by atoms with Gasteiger partial charge in [-0.05, 0) is 80.2 Å². The summed E-state index contributed by atoms with van der Waals surface area (Å²) in [5.74, 6) is 2.88. The first-order valence-electron chi connectivity index (χ1n) is 11.9. The third kappa shape index (κ3) is 6.12. The molecular weight excluding hydrogens is 421 g/mol. The predicted octanol–water partition coefficient (Wildman–Crippen LogP) is 7.79. The van der Waals surface area contributed by atoms with Crippen LogP contribution in [0.15, 0.2) is 11.8 Å². The summed E-state index contributed by atoms with van der Waals surface area (Å²) in [6, 6.07) is 0. The molecule has 0 unspecified atom stereocenters. The smallest absolute Gasteiger partial charge is 0.241 e. The van der Waals surface area contributed by atoms with Crippen LogP contribution in [0.2, 0.25) is 55.9 Å². The number of allylic oxidation sites excluding steroid dienone is 2. The summed E-state index contributed by atoms with van der Waals surface area (Å²) in [6.45, 7) is 31.2. The zero-order chi connectivity index (χ0) is 23.3. The van der Waals surface area contributed by atoms with E-state index in [2.05, 4.69) is 93.4 Å². The van der Waals surface area contributed by atoms with Crippen molar-refractivity contribution in [2.75, 3.05) is 6.61 Å². The molecule has 0 N–H and O–H groups in total. The van der Waals surface area contributed by atoms with Gasteiger partial charge >= 0.3 is 0 Å². The lowest BCUT2D eigenvalue weighted by Crippen LogP contribution is -2.47. The third-order valence-corrected chi connectivity index (χ3v) is 17.9. The van der Waals surface area contributed by atoms with E-state index in [1.165, 1.54) is 5.76 Å². The molecule has 0 aromatic carbocycles. The maximum atomic E-state index is 7.01. The summed E-state index contributed by atoms with van der Waals surface area (Å²) in [7, 11) is -5.16. The van der Waals surface area contributed by atoms with Crippen LogP contribution < -0.4 is 0 Å². The topological polar surface area (TPSA) is 27.7 Å². The van der Waals surface area contributed by atoms with Gasteiger partial charge < -0.3 is 13.3 Å². The number of fused-ring (bicyclic) bond motifs is 1. The normalized spacial score (nSPS) is 28.5. The second-order valence-electron chi connectivity index (χ2n) is 13.8. The molecule has 0 bridgehead atoms. The fraction of sp³-hybridized carbons (Fsp3) is 0.917. The van der Waals surface area contributed by atoms with Crippen LogP contribution in [0, 0.1) is 17.8 Å². The second kappa shape index (κ2) is 8.47. The van der Waals surface area contributed by atoms with Crippen molar-refractivity contribution in [3.8, 4) is 0 Å². The lowest BCUT2D eigenvalue weighted by atomic mass is 9.93. The molecule has 0 spiro atoms. The lowest BCUT2D eigenvalue weighted by molar-refractivity contribution is 0.0901. The maximum Gasteiger partial charge on any atom is 0.241 e. The van der Waals surface area contributed by atoms with Crippen molar-refractivity contribution >= 4 is 25.0 Å². The molecule has 6 heteroatoms. The van der Waals surface area contributed by atoms with Gasteiger partial charge in [0.05, 0.1) is 11.9 Å². The minimum atomic E-state index is -1.82. The van der Waals surface area contributed by atoms with Crippen LogP contribution in [0.4, 0.5) is 0 Å². The summed E-state index contributed by atoms with van der Waals surface area (Å²) in [5.41, 5.74) is 0. The van der Waals surface area contributed by atoms with Gasteiger partial charge in [0, 0.05) is 18.9 Å². The molecule has 0 aliphatic heterocycles. The number of hydrogen-bond donors (Lipinski definition) is 0. The molecule has 0 heterocycles. The average molecular weight is 471 g/mol. The highest BCUT2D eigenvalue weighted by Gasteiger charge is 2.51. The van der Waals surface area contributed by atoms with Crippen LogP contribution in [0.25, 0.3) is 0 Å². The molecule has 0 amide bonds. The molecule has 3 nitrogen and oxygen atoms in total. The highest BCUT2D eigenvalue weighted by molar-refractivity contribution is 6.74. The molecule has 4 atom stereocenters. The summed E-state index contributed by atoms with van der Waals surface area (Å²) >= 11 is 0. The second-order valence-corrected chi connectivity index (χ2v) is 27.8. The van der Waals surface area contributed by atoms with E-state index < -0.39 is 25.0 Å². The molecule has 176 valence electrons. The zero-order valence-corrected chi connectivity index (χ0v) is 25.2. The van der Waals surface area contributed by atoms with Crippen molar-refractivity contribution in [3.05, 3.63) is 11.8 Å². The fourth-order valence-corrected chi connectivity index (χ4v) is 7.51. The van der Waals surface area contributed by atoms with Crippen LogP contribution in [0.3, 0.4) is 0 Å². The molecule has 1 fully saturated rings. The Labute approximate surface area is 190 Å². The summed E-state index contributed by atoms with van der Waals surface area (Å²) < 4.78 is 20.2. The Bertz CT molecular complexity index is 636. The highest BCUT2D eigenvalue weighted by Crippen LogP contribution is 2.51. The van der Waals surface area contributed by atoms with Gasteiger partial charge in [0.2, 0.25) is 8.32 Å². The van der Waals surface area contributed by atoms with Crippen LogP contribution in [-0.2, 0) is 13.3 Å². The van der Waals surface area contributed by atoms with E-state index in [4.69, 9.17) is 13.3 Å². The molecule has 2 aliphatic carbocycles. The Kier molecular flexibility index (Phi) is 7.44. The SMILES string of the molecule is CC(C)(C)[Si](C)(C)OC[C@@H]1[C@H]2C=C(O[Si](C)(C)C)C[C@H]2C[C@H]1O[Si](C)(C)C(C)(C)C. The van der Waals surface area contributed by atoms with Gasteiger partial charge in [0.15, 0.2) is 16.6 Å². The first-order valence-corrected chi connectivity index (χ1v) is 21.2. The number of hydrogen-bond acceptors (Lipinski definition) is 3. The monoisotopic (exact) mass is 470 g/mol. The summed E-state index contributed by atoms with van der Waals surface area (Å²) in [4.78, 5) is 0. The minimum Gasteiger partial charge on any atom is -0.548 e. The van der Waals surface area contributed by atoms with Crippen molar-refractivity contribution in [2.24, 2.45) is 17.8 Å². The van der Waals surface area contributed by atoms with Crippen molar-refractivity contribution in [1.29, 1.82) is 0 Å². The fourth-order valence-electron chi connectivity index (χ4n) is 4.15. The van der Waals surface area contributed by atoms with Gasteiger partial charge in [-0.15, -0.1) is 0 Å². The van der Waals surface area contributed by atoms with Crippen LogP contribution in [0.1, 0.15) is 54.4 Å². The average Bonchev–Trinajstić information content (AvgIpc) is 2.97. The van der Waals surface area contributed by atoms with Gasteiger partial charge in [0.1, 0.15) is 0 Å². The molecule has 0 aromatic rings. The van der Waals surface area contributed by atoms with Crippen molar-refractivity contribution in [2.45, 2.75) is 116 Å². The largest absolute Gasteiger partial charge is 0.548 e. The highest BCUT2D eigenvalue weighted by atomic mass is 28.4. The maximum absolute atomic E-state index is 7.01. The van der Waals surface area contributed by atoms with Gasteiger partial charge in [-0.1, -0.05) is 41.5 Å². The first kappa shape index (κ1) is 26.4. The van der Waals surface area contributed by atoms with Gasteiger partial charge in [-0.2, -0.15) is 0 Å². The molecule has 0 saturated heterocycles. The molecule has 0 radical (unpaired) electrons. The van der Waals surface area contributed by atoms with Gasteiger partial charge in [-0.3, -0.25) is 0 Å². The Morgan fingerprint density at radius 2 is 1.40 bits per heavy atom. The van der Waals surface area contributed by atoms with Crippen LogP contribution in [0.5, 0.6) is 0 Å². The van der Waals surface area contributed by atoms with E-state index >= 15 is 0 Å².